The zero-order chi connectivity index (χ0) is 15.5. The molecule has 0 aliphatic rings. The van der Waals surface area contributed by atoms with Gasteiger partial charge in [-0.05, 0) is 39.3 Å². The fraction of sp³-hybridized carbons (Fsp3) is 0.538. The van der Waals surface area contributed by atoms with Crippen LogP contribution in [0.25, 0.3) is 0 Å². The number of aromatic nitrogens is 1. The highest BCUT2D eigenvalue weighted by molar-refractivity contribution is 8.00. The number of rotatable bonds is 6. The zero-order valence-electron chi connectivity index (χ0n) is 12.0. The van der Waals surface area contributed by atoms with E-state index in [1.54, 1.807) is 33.8 Å². The molecule has 0 aromatic carbocycles. The number of carboxylic acid groups (broad SMARTS) is 1. The summed E-state index contributed by atoms with van der Waals surface area (Å²) in [5, 5.41) is 9.17. The van der Waals surface area contributed by atoms with Crippen LogP contribution in [0.4, 0.5) is 0 Å². The van der Waals surface area contributed by atoms with E-state index < -0.39 is 21.1 Å². The summed E-state index contributed by atoms with van der Waals surface area (Å²) in [6.45, 7) is 6.77. The molecule has 0 unspecified atom stereocenters. The fourth-order valence-corrected chi connectivity index (χ4v) is 4.19. The summed E-state index contributed by atoms with van der Waals surface area (Å²) in [7, 11) is -3.12. The highest BCUT2D eigenvalue weighted by Gasteiger charge is 2.19. The Labute approximate surface area is 123 Å². The molecule has 1 N–H and O–H groups in total. The van der Waals surface area contributed by atoms with Gasteiger partial charge in [0.05, 0.1) is 16.6 Å². The first kappa shape index (κ1) is 17.0. The van der Waals surface area contributed by atoms with E-state index in [0.29, 0.717) is 16.3 Å². The quantitative estimate of drug-likeness (QED) is 0.811. The maximum absolute atomic E-state index is 11.7. The van der Waals surface area contributed by atoms with Gasteiger partial charge in [0, 0.05) is 11.4 Å². The smallest absolute Gasteiger partial charge is 0.338 e. The Hall–Kier alpha value is -1.08. The minimum atomic E-state index is -3.12. The van der Waals surface area contributed by atoms with Crippen LogP contribution < -0.4 is 0 Å². The van der Waals surface area contributed by atoms with Gasteiger partial charge in [-0.2, -0.15) is 0 Å². The largest absolute Gasteiger partial charge is 0.478 e. The van der Waals surface area contributed by atoms with Crippen molar-refractivity contribution in [2.75, 3.05) is 11.5 Å². The molecule has 0 radical (unpaired) electrons. The molecule has 1 aromatic heterocycles. The molecule has 0 saturated heterocycles. The van der Waals surface area contributed by atoms with Gasteiger partial charge in [0.15, 0.2) is 9.84 Å². The van der Waals surface area contributed by atoms with Gasteiger partial charge in [-0.3, -0.25) is 0 Å². The number of hydrogen-bond donors (Lipinski definition) is 1. The first-order valence-corrected chi connectivity index (χ1v) is 8.91. The van der Waals surface area contributed by atoms with Crippen LogP contribution in [0.2, 0.25) is 0 Å². The average molecular weight is 317 g/mol. The Morgan fingerprint density at radius 2 is 2.00 bits per heavy atom. The predicted octanol–water partition coefficient (Wildman–Crippen LogP) is 2.31. The lowest BCUT2D eigenvalue weighted by atomic mass is 10.1. The lowest BCUT2D eigenvalue weighted by molar-refractivity contribution is 0.0691. The molecular formula is C13H19NO4S2. The third kappa shape index (κ3) is 4.21. The van der Waals surface area contributed by atoms with E-state index >= 15 is 0 Å². The second-order valence-corrected chi connectivity index (χ2v) is 8.59. The lowest BCUT2D eigenvalue weighted by Gasteiger charge is -2.10. The van der Waals surface area contributed by atoms with Crippen LogP contribution in [0.3, 0.4) is 0 Å². The second-order valence-electron chi connectivity index (χ2n) is 4.83. The molecule has 1 aromatic rings. The van der Waals surface area contributed by atoms with E-state index in [2.05, 4.69) is 4.98 Å². The molecule has 0 spiro atoms. The molecule has 1 heterocycles. The molecule has 0 saturated carbocycles. The first-order valence-electron chi connectivity index (χ1n) is 6.21. The number of aromatic carboxylic acids is 1. The van der Waals surface area contributed by atoms with Gasteiger partial charge in [0.1, 0.15) is 5.03 Å². The summed E-state index contributed by atoms with van der Waals surface area (Å²) in [5.74, 6) is -0.719. The molecule has 5 nitrogen and oxygen atoms in total. The molecule has 0 aliphatic heterocycles. The molecule has 20 heavy (non-hydrogen) atoms. The van der Waals surface area contributed by atoms with Crippen molar-refractivity contribution in [1.82, 2.24) is 4.98 Å². The van der Waals surface area contributed by atoms with Gasteiger partial charge in [-0.25, -0.2) is 18.2 Å². The molecule has 0 fully saturated rings. The van der Waals surface area contributed by atoms with Crippen LogP contribution in [-0.2, 0) is 9.84 Å². The Balaban J connectivity index is 2.91. The summed E-state index contributed by atoms with van der Waals surface area (Å²) in [4.78, 5) is 15.5. The van der Waals surface area contributed by atoms with Crippen molar-refractivity contribution >= 4 is 27.6 Å². The molecule has 7 heteroatoms. The number of nitrogens with zero attached hydrogens (tertiary/aromatic N) is 1. The van der Waals surface area contributed by atoms with Gasteiger partial charge in [-0.15, -0.1) is 11.8 Å². The second kappa shape index (κ2) is 6.58. The van der Waals surface area contributed by atoms with Gasteiger partial charge in [-0.1, -0.05) is 0 Å². The Morgan fingerprint density at radius 3 is 2.50 bits per heavy atom. The van der Waals surface area contributed by atoms with E-state index in [4.69, 9.17) is 0 Å². The number of carbonyl (C=O) groups is 1. The van der Waals surface area contributed by atoms with E-state index in [0.717, 1.165) is 5.69 Å². The third-order valence-electron chi connectivity index (χ3n) is 2.85. The van der Waals surface area contributed by atoms with Crippen molar-refractivity contribution in [3.8, 4) is 0 Å². The summed E-state index contributed by atoms with van der Waals surface area (Å²) < 4.78 is 23.4. The number of thioether (sulfide) groups is 1. The highest BCUT2D eigenvalue weighted by atomic mass is 32.2. The lowest BCUT2D eigenvalue weighted by Crippen LogP contribution is -2.19. The minimum Gasteiger partial charge on any atom is -0.478 e. The molecule has 0 atom stereocenters. The Morgan fingerprint density at radius 1 is 1.40 bits per heavy atom. The maximum Gasteiger partial charge on any atom is 0.338 e. The van der Waals surface area contributed by atoms with Crippen LogP contribution >= 0.6 is 11.8 Å². The van der Waals surface area contributed by atoms with Crippen molar-refractivity contribution in [3.63, 3.8) is 0 Å². The van der Waals surface area contributed by atoms with E-state index in [-0.39, 0.29) is 11.3 Å². The van der Waals surface area contributed by atoms with Gasteiger partial charge < -0.3 is 5.11 Å². The van der Waals surface area contributed by atoms with Gasteiger partial charge >= 0.3 is 5.97 Å². The number of pyridine rings is 1. The maximum atomic E-state index is 11.7. The topological polar surface area (TPSA) is 84.3 Å². The molecular weight excluding hydrogens is 298 g/mol. The van der Waals surface area contributed by atoms with Crippen molar-refractivity contribution in [3.05, 3.63) is 22.9 Å². The van der Waals surface area contributed by atoms with Gasteiger partial charge in [0.25, 0.3) is 0 Å². The molecule has 0 amide bonds. The molecule has 0 bridgehead atoms. The monoisotopic (exact) mass is 317 g/mol. The molecule has 0 aliphatic carbocycles. The van der Waals surface area contributed by atoms with Crippen LogP contribution in [0.15, 0.2) is 11.1 Å². The summed E-state index contributed by atoms with van der Waals surface area (Å²) in [5.41, 5.74) is 1.52. The number of hydrogen-bond acceptors (Lipinski definition) is 5. The van der Waals surface area contributed by atoms with Crippen LogP contribution in [0, 0.1) is 13.8 Å². The Bertz CT molecular complexity index is 609. The summed E-state index contributed by atoms with van der Waals surface area (Å²) in [6, 6.07) is 1.71. The summed E-state index contributed by atoms with van der Waals surface area (Å²) in [6.07, 6.45) is 0. The third-order valence-corrected chi connectivity index (χ3v) is 6.30. The summed E-state index contributed by atoms with van der Waals surface area (Å²) >= 11 is 1.18. The fourth-order valence-electron chi connectivity index (χ4n) is 1.66. The normalized spacial score (nSPS) is 11.8. The SMILES string of the molecule is Cc1cc(C)c(C(=O)O)c(SCCS(=O)(=O)C(C)C)n1. The van der Waals surface area contributed by atoms with Crippen LogP contribution in [0.1, 0.15) is 35.5 Å². The standard InChI is InChI=1S/C13H19NO4S2/c1-8(2)20(17,18)6-5-19-12-11(13(15)16)9(3)7-10(4)14-12/h7-8H,5-6H2,1-4H3,(H,15,16). The van der Waals surface area contributed by atoms with Crippen molar-refractivity contribution in [1.29, 1.82) is 0 Å². The van der Waals surface area contributed by atoms with Crippen LogP contribution in [0.5, 0.6) is 0 Å². The van der Waals surface area contributed by atoms with Crippen molar-refractivity contribution in [2.45, 2.75) is 38.0 Å². The van der Waals surface area contributed by atoms with Crippen LogP contribution in [-0.4, -0.2) is 41.2 Å². The van der Waals surface area contributed by atoms with Crippen molar-refractivity contribution < 1.29 is 18.3 Å². The number of sulfone groups is 1. The number of carboxylic acids is 1. The molecule has 1 rings (SSSR count). The average Bonchev–Trinajstić information content (AvgIpc) is 2.26. The first-order chi connectivity index (χ1) is 9.15. The van der Waals surface area contributed by atoms with Gasteiger partial charge in [0.2, 0.25) is 0 Å². The Kier molecular flexibility index (Phi) is 5.59. The zero-order valence-corrected chi connectivity index (χ0v) is 13.6. The number of aryl methyl sites for hydroxylation is 2. The molecule has 112 valence electrons. The van der Waals surface area contributed by atoms with E-state index in [1.165, 1.54) is 11.8 Å². The van der Waals surface area contributed by atoms with Crippen molar-refractivity contribution in [2.24, 2.45) is 0 Å². The highest BCUT2D eigenvalue weighted by Crippen LogP contribution is 2.24. The van der Waals surface area contributed by atoms with E-state index in [9.17, 15) is 18.3 Å². The predicted molar refractivity (Wildman–Crippen MR) is 80.3 cm³/mol. The van der Waals surface area contributed by atoms with E-state index in [1.807, 2.05) is 0 Å². The minimum absolute atomic E-state index is 0.0169.